The lowest BCUT2D eigenvalue weighted by Gasteiger charge is -2.36. The minimum Gasteiger partial charge on any atom is -0.444 e. The number of ether oxygens (including phenoxy) is 1. The molecule has 2 aliphatic rings. The van der Waals surface area contributed by atoms with Crippen LogP contribution in [0, 0.1) is 28.6 Å². The number of allylic oxidation sites excluding steroid dienone is 1. The highest BCUT2D eigenvalue weighted by Crippen LogP contribution is 2.57. The Morgan fingerprint density at radius 3 is 2.14 bits per heavy atom. The van der Waals surface area contributed by atoms with Gasteiger partial charge in [-0.1, -0.05) is 40.7 Å². The van der Waals surface area contributed by atoms with Crippen molar-refractivity contribution in [1.29, 1.82) is 0 Å². The van der Waals surface area contributed by atoms with Crippen molar-refractivity contribution >= 4 is 33.7 Å². The lowest BCUT2D eigenvalue weighted by atomic mass is 9.84. The summed E-state index contributed by atoms with van der Waals surface area (Å²) in [6.07, 6.45) is 1.80. The molecule has 1 aliphatic heterocycles. The highest BCUT2D eigenvalue weighted by atomic mass is 32.2. The normalized spacial score (nSPS) is 28.7. The second-order valence-electron chi connectivity index (χ2n) is 12.8. The molecule has 2 fully saturated rings. The summed E-state index contributed by atoms with van der Waals surface area (Å²) in [5, 5.41) is 2.69. The summed E-state index contributed by atoms with van der Waals surface area (Å²) in [6.45, 7) is 18.5. The fraction of sp³-hybridized carbons (Fsp3) is 0.769. The molecular weight excluding hydrogens is 498 g/mol. The first-order chi connectivity index (χ1) is 16.6. The fourth-order valence-corrected chi connectivity index (χ4v) is 5.53. The number of ketones is 1. The minimum atomic E-state index is -3.81. The second-order valence-corrected chi connectivity index (χ2v) is 14.5. The molecule has 1 aliphatic carbocycles. The van der Waals surface area contributed by atoms with Crippen molar-refractivity contribution in [2.24, 2.45) is 28.6 Å². The first kappa shape index (κ1) is 30.8. The summed E-state index contributed by atoms with van der Waals surface area (Å²) in [5.41, 5.74) is -2.64. The molecule has 1 saturated carbocycles. The Morgan fingerprint density at radius 1 is 1.14 bits per heavy atom. The van der Waals surface area contributed by atoms with E-state index in [0.29, 0.717) is 13.0 Å². The van der Waals surface area contributed by atoms with Crippen LogP contribution in [0.4, 0.5) is 4.79 Å². The van der Waals surface area contributed by atoms with E-state index in [0.717, 1.165) is 6.26 Å². The van der Waals surface area contributed by atoms with Gasteiger partial charge in [0.2, 0.25) is 21.8 Å². The quantitative estimate of drug-likeness (QED) is 0.450. The smallest absolute Gasteiger partial charge is 0.408 e. The van der Waals surface area contributed by atoms with Crippen LogP contribution in [0.25, 0.3) is 0 Å². The molecule has 0 aromatic carbocycles. The van der Waals surface area contributed by atoms with Gasteiger partial charge in [-0.3, -0.25) is 19.1 Å². The lowest BCUT2D eigenvalue weighted by Crippen LogP contribution is -2.58. The Labute approximate surface area is 221 Å². The number of carbonyl (C=O) groups excluding carboxylic acids is 4. The van der Waals surface area contributed by atoms with E-state index in [4.69, 9.17) is 4.74 Å². The average Bonchev–Trinajstić information content (AvgIpc) is 3.33. The van der Waals surface area contributed by atoms with Crippen LogP contribution in [0.5, 0.6) is 0 Å². The number of nitrogens with one attached hydrogen (secondary N) is 2. The van der Waals surface area contributed by atoms with Crippen LogP contribution in [0.3, 0.4) is 0 Å². The molecule has 11 heteroatoms. The third kappa shape index (κ3) is 7.33. The summed E-state index contributed by atoms with van der Waals surface area (Å²) in [5.74, 6) is -2.00. The monoisotopic (exact) mass is 541 g/mol. The Bertz CT molecular complexity index is 1060. The largest absolute Gasteiger partial charge is 0.444 e. The molecule has 1 saturated heterocycles. The van der Waals surface area contributed by atoms with Crippen molar-refractivity contribution in [2.75, 3.05) is 12.8 Å². The van der Waals surface area contributed by atoms with E-state index >= 15 is 0 Å². The van der Waals surface area contributed by atoms with Crippen LogP contribution in [-0.2, 0) is 29.1 Å². The number of carbonyl (C=O) groups is 4. The Balaban J connectivity index is 2.34. The molecule has 0 aromatic rings. The standard InChI is InChI=1S/C26H43N3O7S/c1-11-17-12-26(17,22(32)28-37(10,34)35)13-18(30)19-16(3)15(2)14-29(19)21(31)20(24(4,5)6)27-23(33)36-25(7,8)9/h11,15-17,19-20H,1,12-14H2,2-10H3,(H,27,33)(H,28,32)/t15-,16?,17+,19-,20+,26+/m0/s1. The molecular formula is C26H43N3O7S. The van der Waals surface area contributed by atoms with Gasteiger partial charge in [0.25, 0.3) is 0 Å². The van der Waals surface area contributed by atoms with Gasteiger partial charge in [0.1, 0.15) is 11.6 Å². The van der Waals surface area contributed by atoms with Gasteiger partial charge in [-0.15, -0.1) is 6.58 Å². The van der Waals surface area contributed by atoms with E-state index in [2.05, 4.69) is 11.9 Å². The first-order valence-electron chi connectivity index (χ1n) is 12.6. The van der Waals surface area contributed by atoms with Gasteiger partial charge in [0.15, 0.2) is 5.78 Å². The highest BCUT2D eigenvalue weighted by molar-refractivity contribution is 7.89. The van der Waals surface area contributed by atoms with Crippen LogP contribution in [0.2, 0.25) is 0 Å². The van der Waals surface area contributed by atoms with E-state index < -0.39 is 56.4 Å². The van der Waals surface area contributed by atoms with Crippen molar-refractivity contribution in [1.82, 2.24) is 14.9 Å². The number of rotatable bonds is 8. The molecule has 210 valence electrons. The van der Waals surface area contributed by atoms with Gasteiger partial charge in [-0.05, 0) is 50.4 Å². The maximum absolute atomic E-state index is 13.9. The molecule has 1 heterocycles. The van der Waals surface area contributed by atoms with E-state index in [9.17, 15) is 27.6 Å². The van der Waals surface area contributed by atoms with Gasteiger partial charge in [-0.2, -0.15) is 0 Å². The zero-order chi connectivity index (χ0) is 28.7. The molecule has 2 rings (SSSR count). The third-order valence-corrected chi connectivity index (χ3v) is 7.80. The highest BCUT2D eigenvalue weighted by Gasteiger charge is 2.61. The zero-order valence-electron chi connectivity index (χ0n) is 23.5. The molecule has 37 heavy (non-hydrogen) atoms. The maximum atomic E-state index is 13.9. The molecule has 10 nitrogen and oxygen atoms in total. The molecule has 0 aromatic heterocycles. The molecule has 6 atom stereocenters. The molecule has 2 N–H and O–H groups in total. The van der Waals surface area contributed by atoms with Crippen LogP contribution < -0.4 is 10.0 Å². The van der Waals surface area contributed by atoms with Gasteiger partial charge in [0.05, 0.1) is 17.7 Å². The number of likely N-dealkylation sites (tertiary alicyclic amines) is 1. The van der Waals surface area contributed by atoms with Crippen molar-refractivity contribution in [2.45, 2.75) is 85.9 Å². The summed E-state index contributed by atoms with van der Waals surface area (Å²) < 4.78 is 30.8. The number of alkyl carbamates (subject to hydrolysis) is 1. The number of Topliss-reactive ketones (excluding diaryl/α,β-unsaturated/α-hetero) is 1. The minimum absolute atomic E-state index is 0.00440. The summed E-state index contributed by atoms with van der Waals surface area (Å²) in [4.78, 5) is 54.5. The number of nitrogens with zero attached hydrogens (tertiary/aromatic N) is 1. The van der Waals surface area contributed by atoms with Crippen LogP contribution in [-0.4, -0.2) is 67.5 Å². The predicted molar refractivity (Wildman–Crippen MR) is 140 cm³/mol. The Hall–Kier alpha value is -2.43. The topological polar surface area (TPSA) is 139 Å². The van der Waals surface area contributed by atoms with E-state index in [1.54, 1.807) is 26.8 Å². The van der Waals surface area contributed by atoms with Crippen molar-refractivity contribution in [3.8, 4) is 0 Å². The van der Waals surface area contributed by atoms with E-state index in [1.165, 1.54) is 4.90 Å². The van der Waals surface area contributed by atoms with Crippen molar-refractivity contribution in [3.63, 3.8) is 0 Å². The fourth-order valence-electron chi connectivity index (χ4n) is 4.99. The van der Waals surface area contributed by atoms with Crippen LogP contribution in [0.15, 0.2) is 12.7 Å². The Kier molecular flexibility index (Phi) is 8.64. The average molecular weight is 542 g/mol. The molecule has 1 unspecified atom stereocenters. The van der Waals surface area contributed by atoms with Crippen LogP contribution >= 0.6 is 0 Å². The predicted octanol–water partition coefficient (Wildman–Crippen LogP) is 2.64. The van der Waals surface area contributed by atoms with Crippen LogP contribution in [0.1, 0.15) is 68.2 Å². The number of amides is 3. The van der Waals surface area contributed by atoms with Crippen molar-refractivity contribution < 1.29 is 32.3 Å². The summed E-state index contributed by atoms with van der Waals surface area (Å²) in [7, 11) is -3.81. The van der Waals surface area contributed by atoms with Gasteiger partial charge >= 0.3 is 6.09 Å². The van der Waals surface area contributed by atoms with Gasteiger partial charge in [-0.25, -0.2) is 13.2 Å². The SMILES string of the molecule is C=C[C@@H]1C[C@]1(CC(=O)[C@@H]1C(C)[C@@H](C)CN1C(=O)[C@@H](NC(=O)OC(C)(C)C)C(C)(C)C)C(=O)NS(C)(=O)=O. The van der Waals surface area contributed by atoms with E-state index in [-0.39, 0.29) is 30.0 Å². The third-order valence-electron chi connectivity index (χ3n) is 7.24. The van der Waals surface area contributed by atoms with E-state index in [1.807, 2.05) is 39.3 Å². The lowest BCUT2D eigenvalue weighted by molar-refractivity contribution is -0.143. The van der Waals surface area contributed by atoms with Crippen molar-refractivity contribution in [3.05, 3.63) is 12.7 Å². The zero-order valence-corrected chi connectivity index (χ0v) is 24.3. The summed E-state index contributed by atoms with van der Waals surface area (Å²) in [6, 6.07) is -1.78. The van der Waals surface area contributed by atoms with Gasteiger partial charge < -0.3 is 15.0 Å². The Morgan fingerprint density at radius 2 is 1.70 bits per heavy atom. The number of sulfonamides is 1. The summed E-state index contributed by atoms with van der Waals surface area (Å²) >= 11 is 0. The van der Waals surface area contributed by atoms with Gasteiger partial charge in [0, 0.05) is 13.0 Å². The molecule has 0 spiro atoms. The molecule has 0 radical (unpaired) electrons. The number of hydrogen-bond acceptors (Lipinski definition) is 7. The molecule has 0 bridgehead atoms. The second kappa shape index (κ2) is 10.4. The number of hydrogen-bond donors (Lipinski definition) is 2. The maximum Gasteiger partial charge on any atom is 0.408 e. The molecule has 3 amide bonds. The first-order valence-corrected chi connectivity index (χ1v) is 14.5.